The van der Waals surface area contributed by atoms with E-state index in [1.165, 1.54) is 12.1 Å². The van der Waals surface area contributed by atoms with E-state index in [1.54, 1.807) is 0 Å². The van der Waals surface area contributed by atoms with Gasteiger partial charge < -0.3 is 10.8 Å². The number of hydrogen-bond donors (Lipinski definition) is 2. The molecule has 6 heteroatoms. The number of phenols is 1. The summed E-state index contributed by atoms with van der Waals surface area (Å²) in [5.41, 5.74) is 5.14. The Morgan fingerprint density at radius 1 is 1.50 bits per heavy atom. The minimum atomic E-state index is -0.689. The van der Waals surface area contributed by atoms with Crippen molar-refractivity contribution in [2.45, 2.75) is 0 Å². The summed E-state index contributed by atoms with van der Waals surface area (Å²) in [6, 6.07) is 3.69. The summed E-state index contributed by atoms with van der Waals surface area (Å²) in [5.74, 6) is -0.371. The molecule has 3 N–H and O–H groups in total. The predicted molar refractivity (Wildman–Crippen MR) is 46.4 cm³/mol. The van der Waals surface area contributed by atoms with E-state index in [0.717, 1.165) is 6.07 Å². The molecule has 0 aliphatic heterocycles. The van der Waals surface area contributed by atoms with Crippen LogP contribution in [0.5, 0.6) is 5.75 Å². The highest BCUT2D eigenvalue weighted by Crippen LogP contribution is 2.26. The number of anilines is 1. The maximum Gasteiger partial charge on any atom is 0.312 e. The van der Waals surface area contributed by atoms with Gasteiger partial charge in [-0.3, -0.25) is 10.1 Å². The van der Waals surface area contributed by atoms with E-state index in [2.05, 4.69) is 0 Å². The first-order valence-corrected chi connectivity index (χ1v) is 2.84. The van der Waals surface area contributed by atoms with Crippen molar-refractivity contribution in [1.29, 1.82) is 0 Å². The molecule has 1 rings (SSSR count). The van der Waals surface area contributed by atoms with Crippen molar-refractivity contribution in [3.8, 4) is 5.75 Å². The first-order valence-electron chi connectivity index (χ1n) is 2.84. The molecule has 0 aliphatic carbocycles. The minimum absolute atomic E-state index is 0. The van der Waals surface area contributed by atoms with Gasteiger partial charge in [0, 0.05) is 11.8 Å². The third-order valence-electron chi connectivity index (χ3n) is 1.20. The highest BCUT2D eigenvalue weighted by Gasteiger charge is 2.11. The van der Waals surface area contributed by atoms with Gasteiger partial charge in [0.2, 0.25) is 0 Å². The van der Waals surface area contributed by atoms with Gasteiger partial charge in [-0.15, -0.1) is 12.4 Å². The average Bonchev–Trinajstić information content (AvgIpc) is 1.94. The molecule has 5 nitrogen and oxygen atoms in total. The zero-order valence-corrected chi connectivity index (χ0v) is 6.75. The van der Waals surface area contributed by atoms with Gasteiger partial charge in [-0.2, -0.15) is 0 Å². The maximum absolute atomic E-state index is 10.2. The molecule has 0 fully saturated rings. The predicted octanol–water partition coefficient (Wildman–Crippen LogP) is 1.30. The van der Waals surface area contributed by atoms with E-state index in [9.17, 15) is 10.1 Å². The van der Waals surface area contributed by atoms with E-state index < -0.39 is 4.92 Å². The fourth-order valence-electron chi connectivity index (χ4n) is 0.687. The van der Waals surface area contributed by atoms with E-state index in [-0.39, 0.29) is 29.5 Å². The third-order valence-corrected chi connectivity index (χ3v) is 1.20. The van der Waals surface area contributed by atoms with Gasteiger partial charge >= 0.3 is 5.69 Å². The Labute approximate surface area is 74.4 Å². The normalized spacial score (nSPS) is 8.67. The maximum atomic E-state index is 10.2. The second-order valence-corrected chi connectivity index (χ2v) is 2.01. The van der Waals surface area contributed by atoms with Crippen LogP contribution in [0.25, 0.3) is 0 Å². The van der Waals surface area contributed by atoms with Crippen molar-refractivity contribution in [3.05, 3.63) is 28.3 Å². The van der Waals surface area contributed by atoms with Crippen LogP contribution in [-0.2, 0) is 0 Å². The van der Waals surface area contributed by atoms with E-state index >= 15 is 0 Å². The number of rotatable bonds is 1. The lowest BCUT2D eigenvalue weighted by Gasteiger charge is -1.95. The smallest absolute Gasteiger partial charge is 0.312 e. The lowest BCUT2D eigenvalue weighted by Crippen LogP contribution is -1.91. The quantitative estimate of drug-likeness (QED) is 0.302. The van der Waals surface area contributed by atoms with E-state index in [0.29, 0.717) is 0 Å². The van der Waals surface area contributed by atoms with Gasteiger partial charge in [0.05, 0.1) is 4.92 Å². The molecule has 0 aromatic heterocycles. The molecule has 0 aliphatic rings. The molecule has 0 saturated carbocycles. The van der Waals surface area contributed by atoms with Crippen LogP contribution < -0.4 is 5.73 Å². The fraction of sp³-hybridized carbons (Fsp3) is 0. The summed E-state index contributed by atoms with van der Waals surface area (Å²) in [6.07, 6.45) is 0. The Morgan fingerprint density at radius 3 is 2.50 bits per heavy atom. The third kappa shape index (κ3) is 2.00. The average molecular weight is 191 g/mol. The van der Waals surface area contributed by atoms with Gasteiger partial charge in [-0.1, -0.05) is 0 Å². The summed E-state index contributed by atoms with van der Waals surface area (Å²) in [4.78, 5) is 9.48. The summed E-state index contributed by atoms with van der Waals surface area (Å²) >= 11 is 0. The minimum Gasteiger partial charge on any atom is -0.502 e. The van der Waals surface area contributed by atoms with Crippen molar-refractivity contribution in [2.75, 3.05) is 5.73 Å². The topological polar surface area (TPSA) is 89.4 Å². The molecule has 0 radical (unpaired) electrons. The molecule has 0 unspecified atom stereocenters. The van der Waals surface area contributed by atoms with Crippen LogP contribution in [-0.4, -0.2) is 10.0 Å². The highest BCUT2D eigenvalue weighted by atomic mass is 35.5. The lowest BCUT2D eigenvalue weighted by molar-refractivity contribution is -0.385. The zero-order chi connectivity index (χ0) is 8.43. The molecule has 1 aromatic rings. The first-order chi connectivity index (χ1) is 5.11. The van der Waals surface area contributed by atoms with Crippen LogP contribution in [0.2, 0.25) is 0 Å². The van der Waals surface area contributed by atoms with Crippen LogP contribution in [0.3, 0.4) is 0 Å². The molecular weight excluding hydrogens is 184 g/mol. The Hall–Kier alpha value is -1.49. The second-order valence-electron chi connectivity index (χ2n) is 2.01. The second kappa shape index (κ2) is 3.77. The number of hydrogen-bond acceptors (Lipinski definition) is 4. The number of nitro groups is 1. The molecule has 0 amide bonds. The van der Waals surface area contributed by atoms with Crippen LogP contribution in [0.1, 0.15) is 0 Å². The SMILES string of the molecule is Cl.Nc1ccc(O)c([N+](=O)[O-])c1. The number of nitro benzene ring substituents is 1. The summed E-state index contributed by atoms with van der Waals surface area (Å²) in [7, 11) is 0. The summed E-state index contributed by atoms with van der Waals surface area (Å²) in [6.45, 7) is 0. The molecule has 0 saturated heterocycles. The molecule has 66 valence electrons. The molecule has 0 heterocycles. The van der Waals surface area contributed by atoms with Gasteiger partial charge in [0.25, 0.3) is 0 Å². The van der Waals surface area contributed by atoms with Crippen LogP contribution in [0, 0.1) is 10.1 Å². The van der Waals surface area contributed by atoms with Crippen molar-refractivity contribution < 1.29 is 10.0 Å². The zero-order valence-electron chi connectivity index (χ0n) is 5.93. The molecule has 12 heavy (non-hydrogen) atoms. The molecule has 0 spiro atoms. The largest absolute Gasteiger partial charge is 0.502 e. The number of nitrogens with zero attached hydrogens (tertiary/aromatic N) is 1. The number of aromatic hydroxyl groups is 1. The fourth-order valence-corrected chi connectivity index (χ4v) is 0.687. The van der Waals surface area contributed by atoms with Gasteiger partial charge in [0.15, 0.2) is 5.75 Å². The highest BCUT2D eigenvalue weighted by molar-refractivity contribution is 5.85. The molecular formula is C6H7ClN2O3. The van der Waals surface area contributed by atoms with Crippen molar-refractivity contribution >= 4 is 23.8 Å². The van der Waals surface area contributed by atoms with Gasteiger partial charge in [0.1, 0.15) is 0 Å². The number of halogens is 1. The molecule has 0 atom stereocenters. The molecule has 0 bridgehead atoms. The Morgan fingerprint density at radius 2 is 2.08 bits per heavy atom. The Bertz CT molecular complexity index is 303. The Kier molecular flexibility index (Phi) is 3.30. The van der Waals surface area contributed by atoms with Crippen LogP contribution in [0.4, 0.5) is 11.4 Å². The van der Waals surface area contributed by atoms with Crippen molar-refractivity contribution in [1.82, 2.24) is 0 Å². The first kappa shape index (κ1) is 10.5. The van der Waals surface area contributed by atoms with E-state index in [1.807, 2.05) is 0 Å². The standard InChI is InChI=1S/C6H6N2O3.ClH/c7-4-1-2-6(9)5(3-4)8(10)11;/h1-3,9H,7H2;1H. The van der Waals surface area contributed by atoms with Crippen molar-refractivity contribution in [2.24, 2.45) is 0 Å². The summed E-state index contributed by atoms with van der Waals surface area (Å²) in [5, 5.41) is 19.1. The number of nitrogen functional groups attached to an aromatic ring is 1. The van der Waals surface area contributed by atoms with Crippen molar-refractivity contribution in [3.63, 3.8) is 0 Å². The van der Waals surface area contributed by atoms with Gasteiger partial charge in [-0.05, 0) is 12.1 Å². The summed E-state index contributed by atoms with van der Waals surface area (Å²) < 4.78 is 0. The molecule has 1 aromatic carbocycles. The Balaban J connectivity index is 0.00000121. The number of benzene rings is 1. The van der Waals surface area contributed by atoms with Crippen LogP contribution >= 0.6 is 12.4 Å². The van der Waals surface area contributed by atoms with E-state index in [4.69, 9.17) is 10.8 Å². The monoisotopic (exact) mass is 190 g/mol. The van der Waals surface area contributed by atoms with Crippen LogP contribution in [0.15, 0.2) is 18.2 Å². The number of phenolic OH excluding ortho intramolecular Hbond substituents is 1. The number of nitrogens with two attached hydrogens (primary N) is 1. The van der Waals surface area contributed by atoms with Gasteiger partial charge in [-0.25, -0.2) is 0 Å². The lowest BCUT2D eigenvalue weighted by atomic mass is 10.2.